The molecular weight excluding hydrogens is 326 g/mol. The number of hydrogen-bond acceptors (Lipinski definition) is 1. The molecule has 0 bridgehead atoms. The lowest BCUT2D eigenvalue weighted by molar-refractivity contribution is 0.684. The highest BCUT2D eigenvalue weighted by atomic mass is 32.2. The molecule has 2 nitrogen and oxygen atoms in total. The third kappa shape index (κ3) is 4.76. The summed E-state index contributed by atoms with van der Waals surface area (Å²) in [5.74, 6) is 6.17. The fourth-order valence-electron chi connectivity index (χ4n) is 2.19. The van der Waals surface area contributed by atoms with Crippen molar-refractivity contribution in [3.8, 4) is 11.8 Å². The molecule has 3 aromatic carbocycles. The third-order valence-electron chi connectivity index (χ3n) is 3.54. The molecule has 0 heterocycles. The van der Waals surface area contributed by atoms with Crippen molar-refractivity contribution in [3.05, 3.63) is 102 Å². The van der Waals surface area contributed by atoms with Crippen molar-refractivity contribution in [2.24, 2.45) is 4.40 Å². The molecule has 0 N–H and O–H groups in total. The van der Waals surface area contributed by atoms with Crippen LogP contribution in [0.3, 0.4) is 0 Å². The van der Waals surface area contributed by atoms with Gasteiger partial charge < -0.3 is 0 Å². The van der Waals surface area contributed by atoms with Gasteiger partial charge in [-0.05, 0) is 37.1 Å². The molecule has 1 atom stereocenters. The van der Waals surface area contributed by atoms with Crippen molar-refractivity contribution < 1.29 is 4.21 Å². The lowest BCUT2D eigenvalue weighted by Crippen LogP contribution is -2.00. The largest absolute Gasteiger partial charge is 0.229 e. The third-order valence-corrected chi connectivity index (χ3v) is 4.57. The first-order chi connectivity index (χ1) is 12.2. The summed E-state index contributed by atoms with van der Waals surface area (Å²) < 4.78 is 17.0. The standard InChI is InChI=1S/C22H17NOS/c1-18-12-15-21(16-13-18)25(24)23-22(20-10-6-3-7-11-20)17-14-19-8-4-2-5-9-19/h2-13,15-16H,1H3/b23-22+. The second-order valence-corrected chi connectivity index (χ2v) is 6.64. The van der Waals surface area contributed by atoms with Gasteiger partial charge in [0.2, 0.25) is 0 Å². The Balaban J connectivity index is 1.98. The van der Waals surface area contributed by atoms with Crippen LogP contribution in [0.4, 0.5) is 0 Å². The molecule has 0 aliphatic rings. The monoisotopic (exact) mass is 343 g/mol. The molecule has 0 fully saturated rings. The summed E-state index contributed by atoms with van der Waals surface area (Å²) in [5.41, 5.74) is 3.39. The highest BCUT2D eigenvalue weighted by Crippen LogP contribution is 2.11. The Bertz CT molecular complexity index is 950. The molecule has 0 amide bonds. The summed E-state index contributed by atoms with van der Waals surface area (Å²) in [4.78, 5) is 0.667. The van der Waals surface area contributed by atoms with Crippen LogP contribution in [-0.4, -0.2) is 9.92 Å². The average Bonchev–Trinajstić information content (AvgIpc) is 2.67. The van der Waals surface area contributed by atoms with Crippen molar-refractivity contribution in [1.29, 1.82) is 0 Å². The normalized spacial score (nSPS) is 12.1. The van der Waals surface area contributed by atoms with E-state index in [-0.39, 0.29) is 0 Å². The van der Waals surface area contributed by atoms with Crippen molar-refractivity contribution in [1.82, 2.24) is 0 Å². The van der Waals surface area contributed by atoms with Gasteiger partial charge in [0.15, 0.2) is 11.0 Å². The second kappa shape index (κ2) is 8.23. The van der Waals surface area contributed by atoms with E-state index >= 15 is 0 Å². The smallest absolute Gasteiger partial charge is 0.173 e. The maximum Gasteiger partial charge on any atom is 0.173 e. The van der Waals surface area contributed by atoms with Gasteiger partial charge in [0, 0.05) is 11.1 Å². The van der Waals surface area contributed by atoms with Crippen LogP contribution < -0.4 is 0 Å². The van der Waals surface area contributed by atoms with Gasteiger partial charge in [-0.25, -0.2) is 4.21 Å². The van der Waals surface area contributed by atoms with E-state index in [0.29, 0.717) is 10.6 Å². The molecular formula is C22H17NOS. The minimum absolute atomic E-state index is 0.517. The Morgan fingerprint density at radius 3 is 2.08 bits per heavy atom. The average molecular weight is 343 g/mol. The lowest BCUT2D eigenvalue weighted by Gasteiger charge is -2.01. The number of nitrogens with zero attached hydrogens (tertiary/aromatic N) is 1. The van der Waals surface area contributed by atoms with Crippen LogP contribution in [0.15, 0.2) is 94.2 Å². The van der Waals surface area contributed by atoms with Gasteiger partial charge in [-0.3, -0.25) is 0 Å². The summed E-state index contributed by atoms with van der Waals surface area (Å²) in [6.07, 6.45) is 0. The Morgan fingerprint density at radius 1 is 0.840 bits per heavy atom. The maximum atomic E-state index is 12.6. The van der Waals surface area contributed by atoms with Gasteiger partial charge in [0.1, 0.15) is 5.71 Å². The highest BCUT2D eigenvalue weighted by Gasteiger charge is 2.06. The van der Waals surface area contributed by atoms with E-state index in [1.165, 1.54) is 0 Å². The van der Waals surface area contributed by atoms with E-state index in [4.69, 9.17) is 0 Å². The fraction of sp³-hybridized carbons (Fsp3) is 0.0455. The predicted molar refractivity (Wildman–Crippen MR) is 104 cm³/mol. The van der Waals surface area contributed by atoms with Crippen LogP contribution in [0.5, 0.6) is 0 Å². The molecule has 0 aliphatic heterocycles. The molecule has 3 aromatic rings. The van der Waals surface area contributed by atoms with Gasteiger partial charge in [-0.2, -0.15) is 4.40 Å². The van der Waals surface area contributed by atoms with E-state index in [9.17, 15) is 4.21 Å². The molecule has 0 saturated heterocycles. The van der Waals surface area contributed by atoms with E-state index in [2.05, 4.69) is 16.2 Å². The van der Waals surface area contributed by atoms with Gasteiger partial charge in [-0.15, -0.1) is 0 Å². The summed E-state index contributed by atoms with van der Waals surface area (Å²) in [6.45, 7) is 2.00. The van der Waals surface area contributed by atoms with E-state index in [1.54, 1.807) is 0 Å². The van der Waals surface area contributed by atoms with Gasteiger partial charge in [0.05, 0.1) is 4.90 Å². The molecule has 25 heavy (non-hydrogen) atoms. The predicted octanol–water partition coefficient (Wildman–Crippen LogP) is 4.56. The maximum absolute atomic E-state index is 12.6. The number of benzene rings is 3. The topological polar surface area (TPSA) is 29.4 Å². The zero-order valence-corrected chi connectivity index (χ0v) is 14.7. The number of rotatable bonds is 3. The Hall–Kier alpha value is -2.96. The Morgan fingerprint density at radius 2 is 1.44 bits per heavy atom. The van der Waals surface area contributed by atoms with E-state index < -0.39 is 11.0 Å². The summed E-state index contributed by atoms with van der Waals surface area (Å²) in [7, 11) is -1.49. The lowest BCUT2D eigenvalue weighted by atomic mass is 10.1. The minimum Gasteiger partial charge on any atom is -0.229 e. The van der Waals surface area contributed by atoms with E-state index in [0.717, 1.165) is 16.7 Å². The first-order valence-corrected chi connectivity index (χ1v) is 9.03. The molecule has 0 aromatic heterocycles. The molecule has 3 heteroatoms. The molecule has 1 unspecified atom stereocenters. The van der Waals surface area contributed by atoms with Crippen LogP contribution in [0, 0.1) is 18.8 Å². The Kier molecular flexibility index (Phi) is 5.56. The van der Waals surface area contributed by atoms with Gasteiger partial charge in [-0.1, -0.05) is 72.1 Å². The first kappa shape index (κ1) is 16.9. The molecule has 0 aliphatic carbocycles. The van der Waals surface area contributed by atoms with Gasteiger partial charge in [0.25, 0.3) is 0 Å². The second-order valence-electron chi connectivity index (χ2n) is 5.48. The number of aryl methyl sites for hydroxylation is 1. The summed E-state index contributed by atoms with van der Waals surface area (Å²) >= 11 is 0. The summed E-state index contributed by atoms with van der Waals surface area (Å²) in [6, 6.07) is 26.8. The molecule has 122 valence electrons. The summed E-state index contributed by atoms with van der Waals surface area (Å²) in [5, 5.41) is 0. The van der Waals surface area contributed by atoms with Gasteiger partial charge >= 0.3 is 0 Å². The molecule has 0 radical (unpaired) electrons. The van der Waals surface area contributed by atoms with E-state index in [1.807, 2.05) is 91.9 Å². The first-order valence-electron chi connectivity index (χ1n) is 7.92. The molecule has 0 saturated carbocycles. The number of hydrogen-bond donors (Lipinski definition) is 0. The highest BCUT2D eigenvalue weighted by molar-refractivity contribution is 7.84. The van der Waals surface area contributed by atoms with Crippen molar-refractivity contribution in [3.63, 3.8) is 0 Å². The van der Waals surface area contributed by atoms with Crippen LogP contribution in [-0.2, 0) is 11.0 Å². The zero-order chi connectivity index (χ0) is 17.5. The SMILES string of the molecule is Cc1ccc(S(=O)/N=C(\C#Cc2ccccc2)c2ccccc2)cc1. The fourth-order valence-corrected chi connectivity index (χ4v) is 2.98. The van der Waals surface area contributed by atoms with Crippen molar-refractivity contribution >= 4 is 16.7 Å². The van der Waals surface area contributed by atoms with Crippen molar-refractivity contribution in [2.75, 3.05) is 0 Å². The van der Waals surface area contributed by atoms with Crippen LogP contribution in [0.1, 0.15) is 16.7 Å². The van der Waals surface area contributed by atoms with Crippen LogP contribution in [0.25, 0.3) is 0 Å². The minimum atomic E-state index is -1.49. The van der Waals surface area contributed by atoms with Crippen LogP contribution in [0.2, 0.25) is 0 Å². The van der Waals surface area contributed by atoms with Crippen LogP contribution >= 0.6 is 0 Å². The molecule has 0 spiro atoms. The zero-order valence-electron chi connectivity index (χ0n) is 13.8. The quantitative estimate of drug-likeness (QED) is 0.506. The Labute approximate surface area is 150 Å². The van der Waals surface area contributed by atoms with Crippen molar-refractivity contribution in [2.45, 2.75) is 11.8 Å². The molecule has 3 rings (SSSR count).